The molecule has 0 spiro atoms. The summed E-state index contributed by atoms with van der Waals surface area (Å²) in [7, 11) is 0. The minimum Gasteiger partial charge on any atom is -0.492 e. The monoisotopic (exact) mass is 353 g/mol. The molecule has 0 saturated carbocycles. The van der Waals surface area contributed by atoms with E-state index < -0.39 is 0 Å². The van der Waals surface area contributed by atoms with Gasteiger partial charge >= 0.3 is 6.03 Å². The molecule has 2 rings (SSSR count). The molecular weight excluding hydrogens is 337 g/mol. The smallest absolute Gasteiger partial charge is 0.319 e. The number of urea groups is 1. The van der Waals surface area contributed by atoms with Crippen molar-refractivity contribution in [1.82, 2.24) is 5.32 Å². The second kappa shape index (κ2) is 8.50. The highest BCUT2D eigenvalue weighted by atomic mass is 35.5. The summed E-state index contributed by atoms with van der Waals surface area (Å²) in [5.41, 5.74) is 6.64. The molecule has 2 aromatic rings. The highest BCUT2D eigenvalue weighted by Crippen LogP contribution is 2.24. The molecule has 5 nitrogen and oxygen atoms in total. The van der Waals surface area contributed by atoms with Gasteiger partial charge in [-0.3, -0.25) is 0 Å². The first kappa shape index (κ1) is 17.2. The predicted octanol–water partition coefficient (Wildman–Crippen LogP) is 4.17. The Morgan fingerprint density at radius 2 is 1.91 bits per heavy atom. The van der Waals surface area contributed by atoms with Crippen LogP contribution in [0.5, 0.6) is 5.75 Å². The summed E-state index contributed by atoms with van der Waals surface area (Å²) in [5.74, 6) is 0.632. The van der Waals surface area contributed by atoms with E-state index in [0.29, 0.717) is 46.7 Å². The molecule has 0 atom stereocenters. The lowest BCUT2D eigenvalue weighted by molar-refractivity contribution is 0.250. The van der Waals surface area contributed by atoms with Crippen LogP contribution in [0.3, 0.4) is 0 Å². The number of nitrogens with one attached hydrogen (secondary N) is 2. The maximum atomic E-state index is 11.8. The second-order valence-electron chi connectivity index (χ2n) is 4.75. The van der Waals surface area contributed by atoms with Crippen LogP contribution in [-0.4, -0.2) is 19.2 Å². The average Bonchev–Trinajstić information content (AvgIpc) is 2.51. The van der Waals surface area contributed by atoms with Gasteiger partial charge in [0.2, 0.25) is 0 Å². The zero-order valence-electron chi connectivity index (χ0n) is 12.3. The second-order valence-corrected chi connectivity index (χ2v) is 5.57. The molecule has 0 aliphatic rings. The highest BCUT2D eigenvalue weighted by Gasteiger charge is 2.05. The molecule has 0 aliphatic heterocycles. The van der Waals surface area contributed by atoms with Crippen molar-refractivity contribution in [3.63, 3.8) is 0 Å². The first-order chi connectivity index (χ1) is 11.1. The summed E-state index contributed by atoms with van der Waals surface area (Å²) in [6.45, 7) is 0.912. The number of amides is 2. The van der Waals surface area contributed by atoms with Crippen LogP contribution in [0.1, 0.15) is 6.42 Å². The number of carbonyl (C=O) groups is 1. The third kappa shape index (κ3) is 5.54. The number of halogens is 2. The van der Waals surface area contributed by atoms with E-state index in [9.17, 15) is 4.79 Å². The van der Waals surface area contributed by atoms with Crippen LogP contribution >= 0.6 is 23.2 Å². The molecule has 0 saturated heterocycles. The number of nitrogens with two attached hydrogens (primary N) is 1. The van der Waals surface area contributed by atoms with Crippen LogP contribution in [-0.2, 0) is 0 Å². The maximum absolute atomic E-state index is 11.8. The Labute approximate surface area is 144 Å². The van der Waals surface area contributed by atoms with Gasteiger partial charge in [-0.2, -0.15) is 0 Å². The van der Waals surface area contributed by atoms with Gasteiger partial charge in [0.25, 0.3) is 0 Å². The van der Waals surface area contributed by atoms with Crippen molar-refractivity contribution >= 4 is 40.6 Å². The van der Waals surface area contributed by atoms with E-state index in [1.54, 1.807) is 30.3 Å². The van der Waals surface area contributed by atoms with Crippen molar-refractivity contribution in [2.45, 2.75) is 6.42 Å². The van der Waals surface area contributed by atoms with Gasteiger partial charge in [-0.1, -0.05) is 35.3 Å². The van der Waals surface area contributed by atoms with Crippen molar-refractivity contribution in [3.05, 3.63) is 52.5 Å². The molecule has 2 amide bonds. The summed E-state index contributed by atoms with van der Waals surface area (Å²) >= 11 is 12.0. The van der Waals surface area contributed by atoms with Gasteiger partial charge in [0, 0.05) is 12.2 Å². The Morgan fingerprint density at radius 3 is 2.65 bits per heavy atom. The van der Waals surface area contributed by atoms with Gasteiger partial charge in [-0.15, -0.1) is 0 Å². The third-order valence-corrected chi connectivity index (χ3v) is 3.57. The predicted molar refractivity (Wildman–Crippen MR) is 94.4 cm³/mol. The minimum absolute atomic E-state index is 0.339. The lowest BCUT2D eigenvalue weighted by Gasteiger charge is -2.10. The van der Waals surface area contributed by atoms with Crippen molar-refractivity contribution in [2.24, 2.45) is 0 Å². The minimum atomic E-state index is -0.339. The zero-order valence-corrected chi connectivity index (χ0v) is 13.8. The molecular formula is C16H17Cl2N3O2. The summed E-state index contributed by atoms with van der Waals surface area (Å²) in [6, 6.07) is 11.8. The number of hydrogen-bond acceptors (Lipinski definition) is 3. The summed E-state index contributed by atoms with van der Waals surface area (Å²) < 4.78 is 5.53. The first-order valence-corrected chi connectivity index (χ1v) is 7.79. The highest BCUT2D eigenvalue weighted by molar-refractivity contribution is 6.34. The summed E-state index contributed by atoms with van der Waals surface area (Å²) in [5, 5.41) is 6.33. The lowest BCUT2D eigenvalue weighted by atomic mass is 10.3. The van der Waals surface area contributed by atoms with Crippen LogP contribution in [0.25, 0.3) is 0 Å². The van der Waals surface area contributed by atoms with Gasteiger partial charge in [-0.05, 0) is 36.8 Å². The Bertz CT molecular complexity index is 680. The fourth-order valence-electron chi connectivity index (χ4n) is 1.82. The Balaban J connectivity index is 1.68. The van der Waals surface area contributed by atoms with Crippen LogP contribution in [0, 0.1) is 0 Å². The normalized spacial score (nSPS) is 10.2. The van der Waals surface area contributed by atoms with Gasteiger partial charge in [0.15, 0.2) is 0 Å². The molecule has 23 heavy (non-hydrogen) atoms. The van der Waals surface area contributed by atoms with E-state index >= 15 is 0 Å². The SMILES string of the molecule is Nc1ccc(NC(=O)NCCCOc2ccccc2Cl)c(Cl)c1. The van der Waals surface area contributed by atoms with Gasteiger partial charge in [-0.25, -0.2) is 4.79 Å². The van der Waals surface area contributed by atoms with Crippen molar-refractivity contribution < 1.29 is 9.53 Å². The molecule has 0 aliphatic carbocycles. The molecule has 0 radical (unpaired) electrons. The third-order valence-electron chi connectivity index (χ3n) is 2.94. The Kier molecular flexibility index (Phi) is 6.38. The molecule has 4 N–H and O–H groups in total. The largest absolute Gasteiger partial charge is 0.492 e. The Hall–Kier alpha value is -2.11. The maximum Gasteiger partial charge on any atom is 0.319 e. The molecule has 2 aromatic carbocycles. The molecule has 0 unspecified atom stereocenters. The molecule has 0 heterocycles. The fraction of sp³-hybridized carbons (Fsp3) is 0.188. The average molecular weight is 354 g/mol. The lowest BCUT2D eigenvalue weighted by Crippen LogP contribution is -2.30. The van der Waals surface area contributed by atoms with E-state index in [1.165, 1.54) is 0 Å². The van der Waals surface area contributed by atoms with Crippen molar-refractivity contribution in [2.75, 3.05) is 24.2 Å². The number of carbonyl (C=O) groups excluding carboxylic acids is 1. The van der Waals surface area contributed by atoms with Crippen LogP contribution in [0.15, 0.2) is 42.5 Å². The summed E-state index contributed by atoms with van der Waals surface area (Å²) in [4.78, 5) is 11.8. The van der Waals surface area contributed by atoms with Crippen LogP contribution in [0.4, 0.5) is 16.2 Å². The first-order valence-electron chi connectivity index (χ1n) is 7.03. The van der Waals surface area contributed by atoms with E-state index in [4.69, 9.17) is 33.7 Å². The van der Waals surface area contributed by atoms with E-state index in [-0.39, 0.29) is 6.03 Å². The van der Waals surface area contributed by atoms with Crippen LogP contribution in [0.2, 0.25) is 10.0 Å². The van der Waals surface area contributed by atoms with Crippen molar-refractivity contribution in [3.8, 4) is 5.75 Å². The van der Waals surface area contributed by atoms with Crippen LogP contribution < -0.4 is 21.1 Å². The number of hydrogen-bond donors (Lipinski definition) is 3. The number of para-hydroxylation sites is 1. The number of anilines is 2. The van der Waals surface area contributed by atoms with E-state index in [1.807, 2.05) is 12.1 Å². The standard InChI is InChI=1S/C16H17Cl2N3O2/c17-12-4-1-2-5-15(12)23-9-3-8-20-16(22)21-14-7-6-11(19)10-13(14)18/h1-2,4-7,10H,3,8-9,19H2,(H2,20,21,22). The fourth-order valence-corrected chi connectivity index (χ4v) is 2.24. The number of rotatable bonds is 6. The number of benzene rings is 2. The zero-order chi connectivity index (χ0) is 16.7. The Morgan fingerprint density at radius 1 is 1.13 bits per heavy atom. The van der Waals surface area contributed by atoms with E-state index in [0.717, 1.165) is 0 Å². The van der Waals surface area contributed by atoms with E-state index in [2.05, 4.69) is 10.6 Å². The number of ether oxygens (including phenoxy) is 1. The molecule has 0 bridgehead atoms. The van der Waals surface area contributed by atoms with Gasteiger partial charge < -0.3 is 21.1 Å². The molecule has 7 heteroatoms. The van der Waals surface area contributed by atoms with Gasteiger partial charge in [0.1, 0.15) is 5.75 Å². The topological polar surface area (TPSA) is 76.4 Å². The quantitative estimate of drug-likeness (QED) is 0.538. The van der Waals surface area contributed by atoms with Gasteiger partial charge in [0.05, 0.1) is 22.3 Å². The number of nitrogen functional groups attached to an aromatic ring is 1. The summed E-state index contributed by atoms with van der Waals surface area (Å²) in [6.07, 6.45) is 0.647. The van der Waals surface area contributed by atoms with Crippen molar-refractivity contribution in [1.29, 1.82) is 0 Å². The molecule has 0 fully saturated rings. The molecule has 122 valence electrons. The molecule has 0 aromatic heterocycles.